The number of methoxy groups -OCH3 is 2. The molecule has 1 aliphatic rings. The van der Waals surface area contributed by atoms with E-state index in [4.69, 9.17) is 9.47 Å². The number of thioether (sulfide) groups is 1. The topological polar surface area (TPSA) is 51.1 Å². The number of para-hydroxylation sites is 1. The summed E-state index contributed by atoms with van der Waals surface area (Å²) < 4.78 is 10.7. The fraction of sp³-hybridized carbons (Fsp3) is 0.143. The first-order chi connectivity index (χ1) is 13.2. The molecule has 0 saturated carbocycles. The largest absolute Gasteiger partial charge is 0.497 e. The number of amidine groups is 1. The van der Waals surface area contributed by atoms with Crippen molar-refractivity contribution in [3.8, 4) is 11.5 Å². The Labute approximate surface area is 163 Å². The molecule has 1 aliphatic heterocycles. The third kappa shape index (κ3) is 4.23. The zero-order valence-electron chi connectivity index (χ0n) is 15.2. The quantitative estimate of drug-likeness (QED) is 0.547. The van der Waals surface area contributed by atoms with Gasteiger partial charge in [0, 0.05) is 12.1 Å². The number of ether oxygens (including phenoxy) is 2. The molecule has 0 bridgehead atoms. The molecule has 1 fully saturated rings. The number of nitrogens with zero attached hydrogens (tertiary/aromatic N) is 2. The van der Waals surface area contributed by atoms with E-state index in [-0.39, 0.29) is 5.91 Å². The number of carbonyl (C=O) groups excluding carboxylic acids is 1. The van der Waals surface area contributed by atoms with Crippen molar-refractivity contribution in [2.75, 3.05) is 20.8 Å². The van der Waals surface area contributed by atoms with Gasteiger partial charge in [0.1, 0.15) is 11.5 Å². The van der Waals surface area contributed by atoms with Crippen molar-refractivity contribution >= 4 is 34.6 Å². The van der Waals surface area contributed by atoms with Gasteiger partial charge >= 0.3 is 0 Å². The third-order valence-corrected chi connectivity index (χ3v) is 4.91. The zero-order chi connectivity index (χ0) is 19.2. The predicted molar refractivity (Wildman–Crippen MR) is 111 cm³/mol. The van der Waals surface area contributed by atoms with Crippen LogP contribution in [0.2, 0.25) is 0 Å². The summed E-state index contributed by atoms with van der Waals surface area (Å²) in [5.41, 5.74) is 1.56. The Hall–Kier alpha value is -2.99. The minimum atomic E-state index is -0.112. The maximum atomic E-state index is 12.9. The summed E-state index contributed by atoms with van der Waals surface area (Å²) in [6.45, 7) is 4.14. The number of benzene rings is 2. The van der Waals surface area contributed by atoms with E-state index >= 15 is 0 Å². The number of carbonyl (C=O) groups is 1. The second kappa shape index (κ2) is 8.60. The molecule has 6 heteroatoms. The van der Waals surface area contributed by atoms with Crippen LogP contribution in [-0.2, 0) is 4.79 Å². The van der Waals surface area contributed by atoms with Gasteiger partial charge in [0.2, 0.25) is 0 Å². The summed E-state index contributed by atoms with van der Waals surface area (Å²) >= 11 is 1.33. The summed E-state index contributed by atoms with van der Waals surface area (Å²) in [5, 5.41) is 0.624. The summed E-state index contributed by atoms with van der Waals surface area (Å²) in [6, 6.07) is 15.0. The van der Waals surface area contributed by atoms with Crippen LogP contribution in [-0.4, -0.2) is 36.7 Å². The van der Waals surface area contributed by atoms with Gasteiger partial charge in [-0.1, -0.05) is 24.3 Å². The lowest BCUT2D eigenvalue weighted by molar-refractivity contribution is -0.121. The van der Waals surface area contributed by atoms with Gasteiger partial charge in [0.25, 0.3) is 5.91 Å². The Balaban J connectivity index is 2.00. The average molecular weight is 380 g/mol. The van der Waals surface area contributed by atoms with E-state index in [1.165, 1.54) is 11.8 Å². The number of amides is 1. The van der Waals surface area contributed by atoms with Gasteiger partial charge in [-0.05, 0) is 48.2 Å². The molecule has 0 aliphatic carbocycles. The minimum absolute atomic E-state index is 0.112. The van der Waals surface area contributed by atoms with Crippen molar-refractivity contribution in [1.29, 1.82) is 0 Å². The molecule has 2 aromatic rings. The van der Waals surface area contributed by atoms with E-state index in [0.717, 1.165) is 11.3 Å². The average Bonchev–Trinajstić information content (AvgIpc) is 2.98. The SMILES string of the molecule is C=CCN1C(=O)/C(=C\c2cc(OC)ccc2OC)SC1=Nc1ccccc1. The number of aliphatic imine (C=N–C) groups is 1. The molecule has 27 heavy (non-hydrogen) atoms. The van der Waals surface area contributed by atoms with Crippen LogP contribution in [0.25, 0.3) is 6.08 Å². The van der Waals surface area contributed by atoms with Gasteiger partial charge in [-0.15, -0.1) is 6.58 Å². The van der Waals surface area contributed by atoms with E-state index < -0.39 is 0 Å². The molecule has 0 spiro atoms. The Morgan fingerprint density at radius 1 is 1.15 bits per heavy atom. The van der Waals surface area contributed by atoms with Gasteiger partial charge in [-0.25, -0.2) is 4.99 Å². The van der Waals surface area contributed by atoms with Crippen LogP contribution in [0, 0.1) is 0 Å². The molecular formula is C21H20N2O3S. The van der Waals surface area contributed by atoms with Gasteiger partial charge in [0.15, 0.2) is 5.17 Å². The van der Waals surface area contributed by atoms with Gasteiger partial charge in [-0.3, -0.25) is 9.69 Å². The maximum Gasteiger partial charge on any atom is 0.267 e. The van der Waals surface area contributed by atoms with Crippen LogP contribution in [0.4, 0.5) is 5.69 Å². The molecular weight excluding hydrogens is 360 g/mol. The van der Waals surface area contributed by atoms with Crippen LogP contribution in [0.15, 0.2) is 71.1 Å². The molecule has 3 rings (SSSR count). The molecule has 1 saturated heterocycles. The van der Waals surface area contributed by atoms with Crippen LogP contribution in [0.5, 0.6) is 11.5 Å². The molecule has 5 nitrogen and oxygen atoms in total. The summed E-state index contributed by atoms with van der Waals surface area (Å²) in [4.78, 5) is 19.7. The third-order valence-electron chi connectivity index (χ3n) is 3.90. The Morgan fingerprint density at radius 3 is 2.59 bits per heavy atom. The maximum absolute atomic E-state index is 12.9. The first kappa shape index (κ1) is 18.8. The van der Waals surface area contributed by atoms with Crippen LogP contribution in [0.1, 0.15) is 5.56 Å². The lowest BCUT2D eigenvalue weighted by Crippen LogP contribution is -2.29. The molecule has 0 radical (unpaired) electrons. The smallest absolute Gasteiger partial charge is 0.267 e. The van der Waals surface area contributed by atoms with Crippen molar-refractivity contribution in [2.24, 2.45) is 4.99 Å². The first-order valence-corrected chi connectivity index (χ1v) is 9.16. The summed E-state index contributed by atoms with van der Waals surface area (Å²) in [7, 11) is 3.20. The van der Waals surface area contributed by atoms with E-state index in [2.05, 4.69) is 11.6 Å². The van der Waals surface area contributed by atoms with E-state index in [1.54, 1.807) is 31.3 Å². The van der Waals surface area contributed by atoms with Gasteiger partial charge in [0.05, 0.1) is 24.8 Å². The van der Waals surface area contributed by atoms with Crippen LogP contribution >= 0.6 is 11.8 Å². The fourth-order valence-electron chi connectivity index (χ4n) is 2.59. The number of hydrogen-bond acceptors (Lipinski definition) is 5. The summed E-state index contributed by atoms with van der Waals surface area (Å²) in [6.07, 6.45) is 3.49. The minimum Gasteiger partial charge on any atom is -0.497 e. The normalized spacial score (nSPS) is 16.8. The van der Waals surface area contributed by atoms with Crippen molar-refractivity contribution in [2.45, 2.75) is 0 Å². The second-order valence-electron chi connectivity index (χ2n) is 5.65. The van der Waals surface area contributed by atoms with Crippen molar-refractivity contribution < 1.29 is 14.3 Å². The highest BCUT2D eigenvalue weighted by Crippen LogP contribution is 2.36. The monoisotopic (exact) mass is 380 g/mol. The van der Waals surface area contributed by atoms with Crippen LogP contribution in [0.3, 0.4) is 0 Å². The molecule has 0 unspecified atom stereocenters. The lowest BCUT2D eigenvalue weighted by atomic mass is 10.1. The number of hydrogen-bond donors (Lipinski definition) is 0. The van der Waals surface area contributed by atoms with E-state index in [0.29, 0.717) is 28.1 Å². The standard InChI is InChI=1S/C21H20N2O3S/c1-4-12-23-20(24)19(27-21(23)22-16-8-6-5-7-9-16)14-15-13-17(25-2)10-11-18(15)26-3/h4-11,13-14H,1,12H2,2-3H3/b19-14+,22-21?. The Kier molecular flexibility index (Phi) is 5.98. The molecule has 0 N–H and O–H groups in total. The molecule has 1 amide bonds. The molecule has 2 aromatic carbocycles. The van der Waals surface area contributed by atoms with Crippen molar-refractivity contribution in [1.82, 2.24) is 4.90 Å². The van der Waals surface area contributed by atoms with E-state index in [9.17, 15) is 4.79 Å². The Morgan fingerprint density at radius 2 is 1.93 bits per heavy atom. The highest BCUT2D eigenvalue weighted by Gasteiger charge is 2.32. The summed E-state index contributed by atoms with van der Waals surface area (Å²) in [5.74, 6) is 1.25. The van der Waals surface area contributed by atoms with Gasteiger partial charge < -0.3 is 9.47 Å². The molecule has 1 heterocycles. The Bertz CT molecular complexity index is 907. The number of rotatable bonds is 6. The predicted octanol–water partition coefficient (Wildman–Crippen LogP) is 4.49. The first-order valence-electron chi connectivity index (χ1n) is 8.34. The molecule has 138 valence electrons. The molecule has 0 aromatic heterocycles. The highest BCUT2D eigenvalue weighted by atomic mass is 32.2. The highest BCUT2D eigenvalue weighted by molar-refractivity contribution is 8.18. The van der Waals surface area contributed by atoms with Gasteiger partial charge in [-0.2, -0.15) is 0 Å². The fourth-order valence-corrected chi connectivity index (χ4v) is 3.59. The second-order valence-corrected chi connectivity index (χ2v) is 6.66. The van der Waals surface area contributed by atoms with Crippen molar-refractivity contribution in [3.63, 3.8) is 0 Å². The van der Waals surface area contributed by atoms with Crippen molar-refractivity contribution in [3.05, 3.63) is 71.7 Å². The zero-order valence-corrected chi connectivity index (χ0v) is 16.0. The lowest BCUT2D eigenvalue weighted by Gasteiger charge is -2.12. The molecule has 0 atom stereocenters. The van der Waals surface area contributed by atoms with E-state index in [1.807, 2.05) is 48.5 Å². The van der Waals surface area contributed by atoms with Crippen LogP contribution < -0.4 is 9.47 Å².